The Balaban J connectivity index is 2.63. The molecule has 2 aromatic heterocycles. The first-order valence-corrected chi connectivity index (χ1v) is 5.83. The molecule has 2 heterocycles. The highest BCUT2D eigenvalue weighted by Crippen LogP contribution is 2.19. The molecule has 0 radical (unpaired) electrons. The summed E-state index contributed by atoms with van der Waals surface area (Å²) in [5, 5.41) is 6.46. The topological polar surface area (TPSA) is 30.7 Å². The molecule has 0 unspecified atom stereocenters. The molecular weight excluding hydrogens is 194 g/mol. The predicted molar refractivity (Wildman–Crippen MR) is 59.7 cm³/mol. The maximum Gasteiger partial charge on any atom is 0.159 e. The molecule has 0 saturated carbocycles. The van der Waals surface area contributed by atoms with E-state index in [1.54, 1.807) is 11.8 Å². The summed E-state index contributed by atoms with van der Waals surface area (Å²) in [5.74, 6) is 0. The number of hydrogen-bond acceptors (Lipinski definition) is 3. The summed E-state index contributed by atoms with van der Waals surface area (Å²) in [4.78, 5) is 4.54. The second kappa shape index (κ2) is 3.61. The van der Waals surface area contributed by atoms with Gasteiger partial charge < -0.3 is 0 Å². The lowest BCUT2D eigenvalue weighted by Crippen LogP contribution is -2.03. The number of fused-ring (bicyclic) bond motifs is 1. The van der Waals surface area contributed by atoms with E-state index in [0.717, 1.165) is 16.1 Å². The molecule has 3 nitrogen and oxygen atoms in total. The summed E-state index contributed by atoms with van der Waals surface area (Å²) >= 11 is 1.66. The van der Waals surface area contributed by atoms with Crippen molar-refractivity contribution in [1.29, 1.82) is 0 Å². The van der Waals surface area contributed by atoms with Gasteiger partial charge in [0, 0.05) is 11.4 Å². The van der Waals surface area contributed by atoms with Crippen molar-refractivity contribution in [3.8, 4) is 0 Å². The molecule has 0 amide bonds. The molecule has 0 fully saturated rings. The van der Waals surface area contributed by atoms with Crippen LogP contribution in [-0.4, -0.2) is 21.0 Å². The molecule has 0 bridgehead atoms. The van der Waals surface area contributed by atoms with Crippen molar-refractivity contribution in [3.05, 3.63) is 18.3 Å². The van der Waals surface area contributed by atoms with Gasteiger partial charge in [0.25, 0.3) is 0 Å². The first kappa shape index (κ1) is 9.52. The normalized spacial score (nSPS) is 11.4. The number of aromatic nitrogens is 3. The third kappa shape index (κ3) is 1.50. The maximum atomic E-state index is 4.54. The fraction of sp³-hybridized carbons (Fsp3) is 0.400. The highest BCUT2D eigenvalue weighted by atomic mass is 32.2. The zero-order chi connectivity index (χ0) is 10.1. The fourth-order valence-corrected chi connectivity index (χ4v) is 1.78. The smallest absolute Gasteiger partial charge is 0.159 e. The van der Waals surface area contributed by atoms with E-state index in [-0.39, 0.29) is 0 Å². The van der Waals surface area contributed by atoms with E-state index in [0.29, 0.717) is 6.04 Å². The van der Waals surface area contributed by atoms with Crippen LogP contribution in [0.1, 0.15) is 19.9 Å². The third-order valence-corrected chi connectivity index (χ3v) is 2.76. The summed E-state index contributed by atoms with van der Waals surface area (Å²) in [6.45, 7) is 4.22. The zero-order valence-electron chi connectivity index (χ0n) is 8.56. The van der Waals surface area contributed by atoms with Gasteiger partial charge in [0.15, 0.2) is 5.65 Å². The molecule has 0 atom stereocenters. The van der Waals surface area contributed by atoms with Crippen LogP contribution in [0.2, 0.25) is 0 Å². The first-order valence-electron chi connectivity index (χ1n) is 4.60. The van der Waals surface area contributed by atoms with E-state index >= 15 is 0 Å². The first-order chi connectivity index (χ1) is 6.72. The Labute approximate surface area is 87.5 Å². The lowest BCUT2D eigenvalue weighted by Gasteiger charge is -2.06. The lowest BCUT2D eigenvalue weighted by atomic mass is 10.3. The van der Waals surface area contributed by atoms with Crippen LogP contribution in [0.25, 0.3) is 11.0 Å². The van der Waals surface area contributed by atoms with Gasteiger partial charge >= 0.3 is 0 Å². The lowest BCUT2D eigenvalue weighted by molar-refractivity contribution is 0.545. The Morgan fingerprint density at radius 1 is 1.36 bits per heavy atom. The van der Waals surface area contributed by atoms with Crippen molar-refractivity contribution in [3.63, 3.8) is 0 Å². The highest BCUT2D eigenvalue weighted by Gasteiger charge is 2.07. The second-order valence-corrected chi connectivity index (χ2v) is 4.28. The second-order valence-electron chi connectivity index (χ2n) is 3.45. The van der Waals surface area contributed by atoms with E-state index in [2.05, 4.69) is 30.0 Å². The van der Waals surface area contributed by atoms with Gasteiger partial charge in [-0.15, -0.1) is 11.8 Å². The number of nitrogens with zero attached hydrogens (tertiary/aromatic N) is 3. The summed E-state index contributed by atoms with van der Waals surface area (Å²) in [6.07, 6.45) is 3.90. The van der Waals surface area contributed by atoms with Crippen LogP contribution in [0.3, 0.4) is 0 Å². The molecular formula is C10H13N3S. The van der Waals surface area contributed by atoms with Gasteiger partial charge in [-0.3, -0.25) is 0 Å². The average molecular weight is 207 g/mol. The quantitative estimate of drug-likeness (QED) is 0.709. The minimum atomic E-state index is 0.358. The number of hydrogen-bond donors (Lipinski definition) is 0. The van der Waals surface area contributed by atoms with E-state index in [9.17, 15) is 0 Å². The molecule has 0 N–H and O–H groups in total. The molecule has 0 spiro atoms. The van der Waals surface area contributed by atoms with Gasteiger partial charge in [-0.05, 0) is 32.2 Å². The monoisotopic (exact) mass is 207 g/mol. The molecule has 0 saturated heterocycles. The fourth-order valence-electron chi connectivity index (χ4n) is 1.40. The summed E-state index contributed by atoms with van der Waals surface area (Å²) in [7, 11) is 0. The number of thioether (sulfide) groups is 1. The molecule has 74 valence electrons. The van der Waals surface area contributed by atoms with Gasteiger partial charge in [-0.2, -0.15) is 5.10 Å². The van der Waals surface area contributed by atoms with Crippen LogP contribution in [0.4, 0.5) is 0 Å². The largest absolute Gasteiger partial charge is 0.245 e. The van der Waals surface area contributed by atoms with E-state index in [1.165, 1.54) is 0 Å². The maximum absolute atomic E-state index is 4.54. The molecule has 2 rings (SSSR count). The summed E-state index contributed by atoms with van der Waals surface area (Å²) in [5.41, 5.74) is 0.979. The van der Waals surface area contributed by atoms with Crippen LogP contribution < -0.4 is 0 Å². The highest BCUT2D eigenvalue weighted by molar-refractivity contribution is 7.98. The van der Waals surface area contributed by atoms with Crippen molar-refractivity contribution in [2.75, 3.05) is 6.26 Å². The van der Waals surface area contributed by atoms with Gasteiger partial charge in [-0.1, -0.05) is 0 Å². The van der Waals surface area contributed by atoms with Crippen LogP contribution in [0.5, 0.6) is 0 Å². The predicted octanol–water partition coefficient (Wildman–Crippen LogP) is 2.73. The number of rotatable bonds is 2. The van der Waals surface area contributed by atoms with Crippen LogP contribution in [0, 0.1) is 0 Å². The Morgan fingerprint density at radius 3 is 2.79 bits per heavy atom. The van der Waals surface area contributed by atoms with E-state index in [1.807, 2.05) is 23.2 Å². The molecule has 14 heavy (non-hydrogen) atoms. The minimum Gasteiger partial charge on any atom is -0.245 e. The standard InChI is InChI=1S/C10H13N3S/c1-7(2)13-10-8(6-11-13)4-5-9(12-10)14-3/h4-7H,1-3H3. The molecule has 4 heteroatoms. The van der Waals surface area contributed by atoms with Gasteiger partial charge in [0.1, 0.15) is 0 Å². The van der Waals surface area contributed by atoms with Crippen LogP contribution in [0.15, 0.2) is 23.4 Å². The average Bonchev–Trinajstić information content (AvgIpc) is 2.59. The van der Waals surface area contributed by atoms with E-state index in [4.69, 9.17) is 0 Å². The minimum absolute atomic E-state index is 0.358. The van der Waals surface area contributed by atoms with Crippen LogP contribution in [-0.2, 0) is 0 Å². The number of pyridine rings is 1. The Bertz CT molecular complexity index is 448. The Kier molecular flexibility index (Phi) is 2.46. The Morgan fingerprint density at radius 2 is 2.14 bits per heavy atom. The van der Waals surface area contributed by atoms with Crippen molar-refractivity contribution in [2.24, 2.45) is 0 Å². The van der Waals surface area contributed by atoms with Crippen molar-refractivity contribution >= 4 is 22.8 Å². The van der Waals surface area contributed by atoms with E-state index < -0.39 is 0 Å². The zero-order valence-corrected chi connectivity index (χ0v) is 9.38. The van der Waals surface area contributed by atoms with Crippen molar-refractivity contribution < 1.29 is 0 Å². The van der Waals surface area contributed by atoms with Crippen LogP contribution >= 0.6 is 11.8 Å². The van der Waals surface area contributed by atoms with Gasteiger partial charge in [0.05, 0.1) is 11.2 Å². The summed E-state index contributed by atoms with van der Waals surface area (Å²) in [6, 6.07) is 4.46. The van der Waals surface area contributed by atoms with Crippen molar-refractivity contribution in [2.45, 2.75) is 24.9 Å². The molecule has 0 aliphatic heterocycles. The molecule has 0 aromatic carbocycles. The van der Waals surface area contributed by atoms with Gasteiger partial charge in [-0.25, -0.2) is 9.67 Å². The molecule has 0 aliphatic carbocycles. The third-order valence-electron chi connectivity index (χ3n) is 2.12. The summed E-state index contributed by atoms with van der Waals surface area (Å²) < 4.78 is 1.95. The molecule has 2 aromatic rings. The molecule has 0 aliphatic rings. The Hall–Kier alpha value is -1.03. The SMILES string of the molecule is CSc1ccc2cnn(C(C)C)c2n1. The van der Waals surface area contributed by atoms with Gasteiger partial charge in [0.2, 0.25) is 0 Å². The van der Waals surface area contributed by atoms with Crippen molar-refractivity contribution in [1.82, 2.24) is 14.8 Å².